The molecule has 3 aromatic carbocycles. The normalized spacial score (nSPS) is 11.9. The summed E-state index contributed by atoms with van der Waals surface area (Å²) in [6, 6.07) is 14.9. The summed E-state index contributed by atoms with van der Waals surface area (Å²) < 4.78 is 18.7. The van der Waals surface area contributed by atoms with Gasteiger partial charge in [0.2, 0.25) is 0 Å². The Hall–Kier alpha value is -2.56. The van der Waals surface area contributed by atoms with Crippen molar-refractivity contribution in [1.29, 1.82) is 0 Å². The van der Waals surface area contributed by atoms with Crippen LogP contribution in [-0.2, 0) is 11.2 Å². The molecule has 1 atom stereocenters. The molecule has 31 heavy (non-hydrogen) atoms. The van der Waals surface area contributed by atoms with E-state index in [9.17, 15) is 14.3 Å². The molecule has 0 amide bonds. The average Bonchev–Trinajstić information content (AvgIpc) is 2.75. The molecular formula is C25H23Cl2FO3. The van der Waals surface area contributed by atoms with E-state index in [4.69, 9.17) is 27.9 Å². The molecule has 0 bridgehead atoms. The molecule has 0 aliphatic heterocycles. The minimum Gasteiger partial charge on any atom is -0.508 e. The minimum absolute atomic E-state index is 0.0109. The highest BCUT2D eigenvalue weighted by molar-refractivity contribution is 6.36. The highest BCUT2D eigenvalue weighted by atomic mass is 35.5. The highest BCUT2D eigenvalue weighted by Gasteiger charge is 2.16. The Balaban J connectivity index is 1.83. The second kappa shape index (κ2) is 10.2. The van der Waals surface area contributed by atoms with Crippen LogP contribution in [0.5, 0.6) is 11.5 Å². The van der Waals surface area contributed by atoms with E-state index in [1.165, 1.54) is 12.1 Å². The lowest BCUT2D eigenvalue weighted by molar-refractivity contribution is -0.120. The fourth-order valence-corrected chi connectivity index (χ4v) is 3.89. The summed E-state index contributed by atoms with van der Waals surface area (Å²) in [5.74, 6) is 0.172. The number of carbonyl (C=O) groups is 1. The number of ketones is 1. The zero-order valence-corrected chi connectivity index (χ0v) is 18.8. The van der Waals surface area contributed by atoms with Gasteiger partial charge in [-0.05, 0) is 47.0 Å². The number of Topliss-reactive ketones (excluding diaryl/α,β-unsaturated/α-hetero) is 1. The first kappa shape index (κ1) is 23.1. The number of rotatable bonds is 8. The first-order valence-corrected chi connectivity index (χ1v) is 10.7. The molecule has 0 fully saturated rings. The van der Waals surface area contributed by atoms with Crippen molar-refractivity contribution in [1.82, 2.24) is 0 Å². The molecule has 0 saturated heterocycles. The average molecular weight is 461 g/mol. The molecule has 162 valence electrons. The molecule has 0 radical (unpaired) electrons. The van der Waals surface area contributed by atoms with Crippen LogP contribution in [0.4, 0.5) is 4.39 Å². The maximum absolute atomic E-state index is 13.2. The van der Waals surface area contributed by atoms with Gasteiger partial charge in [-0.3, -0.25) is 4.79 Å². The van der Waals surface area contributed by atoms with Crippen LogP contribution in [0, 0.1) is 5.82 Å². The van der Waals surface area contributed by atoms with Crippen molar-refractivity contribution in [3.8, 4) is 11.5 Å². The van der Waals surface area contributed by atoms with Crippen LogP contribution in [0.25, 0.3) is 0 Å². The Morgan fingerprint density at radius 1 is 1.06 bits per heavy atom. The van der Waals surface area contributed by atoms with Crippen LogP contribution in [0.3, 0.4) is 0 Å². The van der Waals surface area contributed by atoms with Crippen molar-refractivity contribution in [3.05, 3.63) is 92.7 Å². The minimum atomic E-state index is -0.301. The maximum atomic E-state index is 13.2. The third-order valence-corrected chi connectivity index (χ3v) is 5.89. The standard InChI is InChI=1S/C25H23Cl2FO3/c1-3-19(29)14-31-20-12-23(26)22(24(27)13-20)11-16-4-9-25(30)21(10-16)15(2)17-5-7-18(28)8-6-17/h4-10,12-13,15,30H,3,11,14H2,1-2H3/t15-/m1/s1. The summed E-state index contributed by atoms with van der Waals surface area (Å²) in [6.07, 6.45) is 0.855. The molecule has 0 aromatic heterocycles. The van der Waals surface area contributed by atoms with Crippen molar-refractivity contribution in [2.24, 2.45) is 0 Å². The second-order valence-electron chi connectivity index (χ2n) is 7.39. The van der Waals surface area contributed by atoms with Gasteiger partial charge in [0.05, 0.1) is 0 Å². The summed E-state index contributed by atoms with van der Waals surface area (Å²) in [4.78, 5) is 11.5. The van der Waals surface area contributed by atoms with Crippen LogP contribution in [0.15, 0.2) is 54.6 Å². The van der Waals surface area contributed by atoms with Crippen molar-refractivity contribution in [2.75, 3.05) is 6.61 Å². The van der Waals surface area contributed by atoms with Gasteiger partial charge in [0, 0.05) is 34.4 Å². The van der Waals surface area contributed by atoms with Crippen LogP contribution in [0.2, 0.25) is 10.0 Å². The van der Waals surface area contributed by atoms with Crippen LogP contribution in [0.1, 0.15) is 48.4 Å². The van der Waals surface area contributed by atoms with Gasteiger partial charge in [0.1, 0.15) is 23.9 Å². The maximum Gasteiger partial charge on any atom is 0.169 e. The van der Waals surface area contributed by atoms with Gasteiger partial charge in [-0.2, -0.15) is 0 Å². The van der Waals surface area contributed by atoms with Gasteiger partial charge < -0.3 is 9.84 Å². The van der Waals surface area contributed by atoms with Crippen molar-refractivity contribution < 1.29 is 19.0 Å². The summed E-state index contributed by atoms with van der Waals surface area (Å²) >= 11 is 12.9. The first-order valence-electron chi connectivity index (χ1n) is 9.98. The van der Waals surface area contributed by atoms with Crippen molar-refractivity contribution in [3.63, 3.8) is 0 Å². The fraction of sp³-hybridized carbons (Fsp3) is 0.240. The largest absolute Gasteiger partial charge is 0.508 e. The predicted molar refractivity (Wildman–Crippen MR) is 122 cm³/mol. The second-order valence-corrected chi connectivity index (χ2v) is 8.20. The summed E-state index contributed by atoms with van der Waals surface area (Å²) in [6.45, 7) is 3.71. The van der Waals surface area contributed by atoms with E-state index in [0.717, 1.165) is 22.3 Å². The van der Waals surface area contributed by atoms with Gasteiger partial charge in [0.25, 0.3) is 0 Å². The van der Waals surface area contributed by atoms with Gasteiger partial charge >= 0.3 is 0 Å². The topological polar surface area (TPSA) is 46.5 Å². The van der Waals surface area contributed by atoms with Gasteiger partial charge in [-0.25, -0.2) is 4.39 Å². The monoisotopic (exact) mass is 460 g/mol. The van der Waals surface area contributed by atoms with Gasteiger partial charge in [-0.1, -0.05) is 61.3 Å². The summed E-state index contributed by atoms with van der Waals surface area (Å²) in [5.41, 5.74) is 3.27. The SMILES string of the molecule is CCC(=O)COc1cc(Cl)c(Cc2ccc(O)c([C@H](C)c3ccc(F)cc3)c2)c(Cl)c1. The van der Waals surface area contributed by atoms with Crippen LogP contribution >= 0.6 is 23.2 Å². The molecule has 3 rings (SSSR count). The van der Waals surface area contributed by atoms with E-state index in [-0.39, 0.29) is 29.9 Å². The Morgan fingerprint density at radius 3 is 2.32 bits per heavy atom. The quantitative estimate of drug-likeness (QED) is 0.395. The van der Waals surface area contributed by atoms with E-state index in [2.05, 4.69) is 0 Å². The molecule has 0 aliphatic rings. The van der Waals surface area contributed by atoms with E-state index < -0.39 is 0 Å². The smallest absolute Gasteiger partial charge is 0.169 e. The summed E-state index contributed by atoms with van der Waals surface area (Å²) in [7, 11) is 0. The Labute approximate surface area is 191 Å². The number of hydrogen-bond donors (Lipinski definition) is 1. The van der Waals surface area contributed by atoms with Crippen LogP contribution < -0.4 is 4.74 Å². The number of halogens is 3. The first-order chi connectivity index (χ1) is 14.8. The molecular weight excluding hydrogens is 438 g/mol. The highest BCUT2D eigenvalue weighted by Crippen LogP contribution is 2.35. The Morgan fingerprint density at radius 2 is 1.71 bits per heavy atom. The summed E-state index contributed by atoms with van der Waals surface area (Å²) in [5, 5.41) is 11.3. The third kappa shape index (κ3) is 5.78. The number of hydrogen-bond acceptors (Lipinski definition) is 3. The van der Waals surface area contributed by atoms with Crippen molar-refractivity contribution >= 4 is 29.0 Å². The van der Waals surface area contributed by atoms with Crippen LogP contribution in [-0.4, -0.2) is 17.5 Å². The fourth-order valence-electron chi connectivity index (χ4n) is 3.29. The third-order valence-electron chi connectivity index (χ3n) is 5.22. The predicted octanol–water partition coefficient (Wildman–Crippen LogP) is 6.94. The molecule has 3 nitrogen and oxygen atoms in total. The molecule has 1 N–H and O–H groups in total. The molecule has 6 heteroatoms. The molecule has 0 aliphatic carbocycles. The van der Waals surface area contributed by atoms with E-state index >= 15 is 0 Å². The number of aromatic hydroxyl groups is 1. The zero-order chi connectivity index (χ0) is 22.5. The Bertz CT molecular complexity index is 1060. The lowest BCUT2D eigenvalue weighted by Gasteiger charge is -2.16. The number of phenols is 1. The number of ether oxygens (including phenoxy) is 1. The van der Waals surface area contributed by atoms with Gasteiger partial charge in [-0.15, -0.1) is 0 Å². The van der Waals surface area contributed by atoms with E-state index in [1.807, 2.05) is 19.1 Å². The molecule has 0 saturated carbocycles. The molecule has 0 heterocycles. The molecule has 0 spiro atoms. The van der Waals surface area contributed by atoms with Crippen molar-refractivity contribution in [2.45, 2.75) is 32.6 Å². The molecule has 0 unspecified atom stereocenters. The number of benzene rings is 3. The lowest BCUT2D eigenvalue weighted by Crippen LogP contribution is -2.09. The number of carbonyl (C=O) groups excluding carboxylic acids is 1. The lowest BCUT2D eigenvalue weighted by atomic mass is 9.90. The zero-order valence-electron chi connectivity index (χ0n) is 17.3. The van der Waals surface area contributed by atoms with E-state index in [1.54, 1.807) is 37.3 Å². The molecule has 3 aromatic rings. The number of phenolic OH excluding ortho intramolecular Hbond substituents is 1. The Kier molecular flexibility index (Phi) is 7.58. The van der Waals surface area contributed by atoms with Gasteiger partial charge in [0.15, 0.2) is 5.78 Å². The van der Waals surface area contributed by atoms with E-state index in [0.29, 0.717) is 28.6 Å².